The predicted octanol–water partition coefficient (Wildman–Crippen LogP) is 1.16. The number of hydrogen-bond donors (Lipinski definition) is 2. The Morgan fingerprint density at radius 2 is 2.00 bits per heavy atom. The minimum absolute atomic E-state index is 0.0454. The minimum Gasteiger partial charge on any atom is -0.493 e. The Bertz CT molecular complexity index is 815. The highest BCUT2D eigenvalue weighted by Gasteiger charge is 2.38. The summed E-state index contributed by atoms with van der Waals surface area (Å²) in [7, 11) is 3.12. The molecule has 0 aromatic heterocycles. The van der Waals surface area contributed by atoms with Crippen LogP contribution >= 0.6 is 0 Å². The quantitative estimate of drug-likeness (QED) is 0.538. The van der Waals surface area contributed by atoms with Crippen LogP contribution in [0.25, 0.3) is 0 Å². The number of rotatable bonds is 10. The smallest absolute Gasteiger partial charge is 0.324 e. The summed E-state index contributed by atoms with van der Waals surface area (Å²) >= 11 is 0. The van der Waals surface area contributed by atoms with Crippen molar-refractivity contribution >= 4 is 17.8 Å². The predicted molar refractivity (Wildman–Crippen MR) is 115 cm³/mol. The fraction of sp³-hybridized carbons (Fsp3) is 0.591. The molecular weight excluding hydrogens is 400 g/mol. The lowest BCUT2D eigenvalue weighted by atomic mass is 10.1. The molecule has 0 radical (unpaired) electrons. The van der Waals surface area contributed by atoms with E-state index in [-0.39, 0.29) is 24.8 Å². The van der Waals surface area contributed by atoms with Crippen LogP contribution in [0.1, 0.15) is 31.7 Å². The van der Waals surface area contributed by atoms with Crippen LogP contribution in [0.15, 0.2) is 18.2 Å². The van der Waals surface area contributed by atoms with E-state index in [1.54, 1.807) is 20.3 Å². The number of urea groups is 1. The average molecular weight is 433 g/mol. The van der Waals surface area contributed by atoms with Crippen molar-refractivity contribution in [2.45, 2.75) is 44.7 Å². The van der Waals surface area contributed by atoms with Gasteiger partial charge in [0.1, 0.15) is 6.04 Å². The molecule has 170 valence electrons. The molecule has 3 rings (SSSR count). The summed E-state index contributed by atoms with van der Waals surface area (Å²) in [4.78, 5) is 40.8. The number of benzene rings is 1. The molecule has 0 aliphatic carbocycles. The maximum atomic E-state index is 12.7. The van der Waals surface area contributed by atoms with Crippen LogP contribution in [0.3, 0.4) is 0 Å². The maximum absolute atomic E-state index is 12.7. The minimum atomic E-state index is -0.816. The monoisotopic (exact) mass is 432 g/mol. The van der Waals surface area contributed by atoms with Crippen molar-refractivity contribution in [3.05, 3.63) is 23.8 Å². The standard InChI is InChI=1S/C22H32N4O5/c1-4-25-10-5-6-16(25)14-23-20(27)13-17-21(28)26(22(29)24-17)11-9-15-7-8-18(30-2)19(12-15)31-3/h7-8,12,16-17H,4-6,9-11,13-14H2,1-3H3,(H,23,27)(H,24,29)/t16?,17-/m0/s1. The third-order valence-corrected chi connectivity index (χ3v) is 6.01. The van der Waals surface area contributed by atoms with Crippen LogP contribution in [0.4, 0.5) is 4.79 Å². The first-order valence-electron chi connectivity index (χ1n) is 10.8. The van der Waals surface area contributed by atoms with E-state index in [1.807, 2.05) is 12.1 Å². The van der Waals surface area contributed by atoms with Gasteiger partial charge in [0, 0.05) is 19.1 Å². The van der Waals surface area contributed by atoms with Gasteiger partial charge in [-0.15, -0.1) is 0 Å². The number of likely N-dealkylation sites (N-methyl/N-ethyl adjacent to an activating group) is 1. The zero-order valence-electron chi connectivity index (χ0n) is 18.5. The van der Waals surface area contributed by atoms with Gasteiger partial charge in [-0.2, -0.15) is 0 Å². The molecule has 2 saturated heterocycles. The zero-order valence-corrected chi connectivity index (χ0v) is 18.5. The highest BCUT2D eigenvalue weighted by atomic mass is 16.5. The van der Waals surface area contributed by atoms with E-state index >= 15 is 0 Å². The topological polar surface area (TPSA) is 100 Å². The Kier molecular flexibility index (Phi) is 7.73. The van der Waals surface area contributed by atoms with Gasteiger partial charge < -0.3 is 20.1 Å². The molecule has 2 heterocycles. The second kappa shape index (κ2) is 10.5. The number of carbonyl (C=O) groups is 3. The molecule has 2 aliphatic heterocycles. The summed E-state index contributed by atoms with van der Waals surface area (Å²) in [5.41, 5.74) is 0.913. The third kappa shape index (κ3) is 5.46. The average Bonchev–Trinajstić information content (AvgIpc) is 3.34. The number of nitrogens with one attached hydrogen (secondary N) is 2. The highest BCUT2D eigenvalue weighted by Crippen LogP contribution is 2.28. The van der Waals surface area contributed by atoms with Gasteiger partial charge >= 0.3 is 6.03 Å². The molecular formula is C22H32N4O5. The van der Waals surface area contributed by atoms with Crippen LogP contribution < -0.4 is 20.1 Å². The largest absolute Gasteiger partial charge is 0.493 e. The molecule has 31 heavy (non-hydrogen) atoms. The molecule has 2 atom stereocenters. The summed E-state index contributed by atoms with van der Waals surface area (Å²) < 4.78 is 10.5. The van der Waals surface area contributed by atoms with Crippen LogP contribution in [0, 0.1) is 0 Å². The van der Waals surface area contributed by atoms with E-state index < -0.39 is 12.1 Å². The Balaban J connectivity index is 1.49. The van der Waals surface area contributed by atoms with E-state index in [2.05, 4.69) is 22.5 Å². The number of nitrogens with zero attached hydrogens (tertiary/aromatic N) is 2. The van der Waals surface area contributed by atoms with Crippen LogP contribution in [-0.2, 0) is 16.0 Å². The summed E-state index contributed by atoms with van der Waals surface area (Å²) in [6, 6.07) is 4.55. The summed E-state index contributed by atoms with van der Waals surface area (Å²) in [6.07, 6.45) is 2.64. The number of ether oxygens (including phenoxy) is 2. The van der Waals surface area contributed by atoms with Gasteiger partial charge in [0.05, 0.1) is 20.6 Å². The van der Waals surface area contributed by atoms with Gasteiger partial charge in [-0.3, -0.25) is 19.4 Å². The number of carbonyl (C=O) groups excluding carboxylic acids is 3. The van der Waals surface area contributed by atoms with Crippen molar-refractivity contribution in [3.63, 3.8) is 0 Å². The molecule has 1 aromatic rings. The molecule has 1 unspecified atom stereocenters. The summed E-state index contributed by atoms with van der Waals surface area (Å²) in [6.45, 7) is 4.94. The molecule has 0 saturated carbocycles. The number of amides is 4. The van der Waals surface area contributed by atoms with Gasteiger partial charge in [0.15, 0.2) is 11.5 Å². The lowest BCUT2D eigenvalue weighted by Crippen LogP contribution is -2.42. The van der Waals surface area contributed by atoms with Gasteiger partial charge in [0.25, 0.3) is 5.91 Å². The van der Waals surface area contributed by atoms with Crippen LogP contribution in [-0.4, -0.2) is 80.1 Å². The third-order valence-electron chi connectivity index (χ3n) is 6.01. The van der Waals surface area contributed by atoms with E-state index in [1.165, 1.54) is 4.90 Å². The molecule has 2 N–H and O–H groups in total. The van der Waals surface area contributed by atoms with Crippen LogP contribution in [0.5, 0.6) is 11.5 Å². The van der Waals surface area contributed by atoms with Crippen molar-refractivity contribution in [1.82, 2.24) is 20.4 Å². The van der Waals surface area contributed by atoms with Crippen molar-refractivity contribution in [3.8, 4) is 11.5 Å². The Morgan fingerprint density at radius 3 is 2.71 bits per heavy atom. The van der Waals surface area contributed by atoms with Gasteiger partial charge in [-0.25, -0.2) is 4.79 Å². The molecule has 0 bridgehead atoms. The van der Waals surface area contributed by atoms with Gasteiger partial charge in [-0.05, 0) is 50.0 Å². The van der Waals surface area contributed by atoms with Crippen molar-refractivity contribution in [2.24, 2.45) is 0 Å². The summed E-state index contributed by atoms with van der Waals surface area (Å²) in [5.74, 6) is 0.627. The molecule has 0 spiro atoms. The van der Waals surface area contributed by atoms with E-state index in [9.17, 15) is 14.4 Å². The fourth-order valence-corrected chi connectivity index (χ4v) is 4.24. The maximum Gasteiger partial charge on any atom is 0.324 e. The number of imide groups is 1. The second-order valence-corrected chi connectivity index (χ2v) is 7.86. The molecule has 2 fully saturated rings. The number of likely N-dealkylation sites (tertiary alicyclic amines) is 1. The Labute approximate surface area is 183 Å². The zero-order chi connectivity index (χ0) is 22.4. The van der Waals surface area contributed by atoms with E-state index in [4.69, 9.17) is 9.47 Å². The lowest BCUT2D eigenvalue weighted by molar-refractivity contribution is -0.130. The van der Waals surface area contributed by atoms with E-state index in [0.717, 1.165) is 31.5 Å². The summed E-state index contributed by atoms with van der Waals surface area (Å²) in [5, 5.41) is 5.55. The van der Waals surface area contributed by atoms with E-state index in [0.29, 0.717) is 30.5 Å². The van der Waals surface area contributed by atoms with Crippen LogP contribution in [0.2, 0.25) is 0 Å². The van der Waals surface area contributed by atoms with Crippen molar-refractivity contribution in [1.29, 1.82) is 0 Å². The second-order valence-electron chi connectivity index (χ2n) is 7.86. The van der Waals surface area contributed by atoms with Crippen molar-refractivity contribution in [2.75, 3.05) is 40.4 Å². The SMILES string of the molecule is CCN1CCCC1CNC(=O)C[C@@H]1NC(=O)N(CCc2ccc(OC)c(OC)c2)C1=O. The highest BCUT2D eigenvalue weighted by molar-refractivity contribution is 6.05. The molecule has 9 heteroatoms. The first-order chi connectivity index (χ1) is 15.0. The first kappa shape index (κ1) is 22.9. The molecule has 1 aromatic carbocycles. The molecule has 2 aliphatic rings. The molecule has 4 amide bonds. The fourth-order valence-electron chi connectivity index (χ4n) is 4.24. The first-order valence-corrected chi connectivity index (χ1v) is 10.8. The number of hydrogen-bond acceptors (Lipinski definition) is 6. The Hall–Kier alpha value is -2.81. The Morgan fingerprint density at radius 1 is 1.23 bits per heavy atom. The van der Waals surface area contributed by atoms with Gasteiger partial charge in [-0.1, -0.05) is 13.0 Å². The number of methoxy groups -OCH3 is 2. The lowest BCUT2D eigenvalue weighted by Gasteiger charge is -2.23. The van der Waals surface area contributed by atoms with Gasteiger partial charge in [0.2, 0.25) is 5.91 Å². The van der Waals surface area contributed by atoms with Crippen molar-refractivity contribution < 1.29 is 23.9 Å². The molecule has 9 nitrogen and oxygen atoms in total. The normalized spacial score (nSPS) is 21.3.